The van der Waals surface area contributed by atoms with Gasteiger partial charge in [-0.05, 0) is 30.7 Å². The zero-order valence-electron chi connectivity index (χ0n) is 14.8. The SMILES string of the molecule is O=C(NC1CCOc2ccccc21)c1ccc2c(=O)n3c(nc2c1)CCC3. The van der Waals surface area contributed by atoms with Crippen LogP contribution in [0.4, 0.5) is 0 Å². The maximum Gasteiger partial charge on any atom is 0.261 e. The standard InChI is InChI=1S/C21H19N3O3/c25-20(23-16-9-11-27-18-5-2-1-4-14(16)18)13-7-8-15-17(12-13)22-19-6-3-10-24(19)21(15)26/h1-2,4-5,7-8,12,16H,3,6,9-11H2,(H,23,25). The van der Waals surface area contributed by atoms with Gasteiger partial charge in [-0.25, -0.2) is 4.98 Å². The minimum Gasteiger partial charge on any atom is -0.493 e. The normalized spacial score (nSPS) is 17.9. The molecule has 0 saturated carbocycles. The summed E-state index contributed by atoms with van der Waals surface area (Å²) in [6, 6.07) is 12.8. The number of nitrogens with zero attached hydrogens (tertiary/aromatic N) is 2. The van der Waals surface area contributed by atoms with Crippen molar-refractivity contribution in [3.8, 4) is 5.75 Å². The van der Waals surface area contributed by atoms with Gasteiger partial charge in [0, 0.05) is 30.5 Å². The number of ether oxygens (including phenoxy) is 1. The highest BCUT2D eigenvalue weighted by molar-refractivity contribution is 5.98. The van der Waals surface area contributed by atoms with Gasteiger partial charge in [0.1, 0.15) is 11.6 Å². The number of benzene rings is 2. The van der Waals surface area contributed by atoms with Crippen molar-refractivity contribution >= 4 is 16.8 Å². The van der Waals surface area contributed by atoms with Crippen LogP contribution in [0.2, 0.25) is 0 Å². The van der Waals surface area contributed by atoms with Crippen molar-refractivity contribution in [2.24, 2.45) is 0 Å². The smallest absolute Gasteiger partial charge is 0.261 e. The third kappa shape index (κ3) is 2.68. The van der Waals surface area contributed by atoms with E-state index in [1.807, 2.05) is 24.3 Å². The predicted octanol–water partition coefficient (Wildman–Crippen LogP) is 2.60. The molecule has 1 N–H and O–H groups in total. The summed E-state index contributed by atoms with van der Waals surface area (Å²) in [4.78, 5) is 30.0. The van der Waals surface area contributed by atoms with E-state index in [9.17, 15) is 9.59 Å². The molecular weight excluding hydrogens is 342 g/mol. The molecule has 0 aliphatic carbocycles. The molecule has 1 aromatic heterocycles. The van der Waals surface area contributed by atoms with E-state index in [1.165, 1.54) is 0 Å². The zero-order chi connectivity index (χ0) is 18.4. The number of nitrogens with one attached hydrogen (secondary N) is 1. The quantitative estimate of drug-likeness (QED) is 0.761. The van der Waals surface area contributed by atoms with Crippen molar-refractivity contribution in [2.75, 3.05) is 6.61 Å². The van der Waals surface area contributed by atoms with Crippen LogP contribution >= 0.6 is 0 Å². The predicted molar refractivity (Wildman–Crippen MR) is 101 cm³/mol. The first kappa shape index (κ1) is 16.1. The lowest BCUT2D eigenvalue weighted by Crippen LogP contribution is -2.32. The van der Waals surface area contributed by atoms with Gasteiger partial charge in [0.05, 0.1) is 23.6 Å². The lowest BCUT2D eigenvalue weighted by molar-refractivity contribution is 0.0925. The molecule has 2 aromatic carbocycles. The summed E-state index contributed by atoms with van der Waals surface area (Å²) in [5.41, 5.74) is 2.08. The first-order chi connectivity index (χ1) is 13.2. The molecular formula is C21H19N3O3. The van der Waals surface area contributed by atoms with Gasteiger partial charge in [-0.15, -0.1) is 0 Å². The number of carbonyl (C=O) groups is 1. The van der Waals surface area contributed by atoms with Crippen LogP contribution in [0.5, 0.6) is 5.75 Å². The summed E-state index contributed by atoms with van der Waals surface area (Å²) < 4.78 is 7.39. The number of hydrogen-bond donors (Lipinski definition) is 1. The lowest BCUT2D eigenvalue weighted by atomic mass is 10.00. The number of hydrogen-bond acceptors (Lipinski definition) is 4. The molecule has 2 aliphatic heterocycles. The van der Waals surface area contributed by atoms with Crippen molar-refractivity contribution in [3.63, 3.8) is 0 Å². The molecule has 0 spiro atoms. The Kier molecular flexibility index (Phi) is 3.70. The van der Waals surface area contributed by atoms with Crippen molar-refractivity contribution in [2.45, 2.75) is 31.8 Å². The summed E-state index contributed by atoms with van der Waals surface area (Å²) in [6.07, 6.45) is 2.47. The molecule has 1 atom stereocenters. The first-order valence-electron chi connectivity index (χ1n) is 9.27. The molecule has 6 heteroatoms. The minimum absolute atomic E-state index is 0.0159. The highest BCUT2D eigenvalue weighted by Crippen LogP contribution is 2.31. The second kappa shape index (κ2) is 6.23. The fourth-order valence-corrected chi connectivity index (χ4v) is 3.96. The van der Waals surface area contributed by atoms with E-state index < -0.39 is 0 Å². The number of fused-ring (bicyclic) bond motifs is 3. The Hall–Kier alpha value is -3.15. The van der Waals surface area contributed by atoms with Gasteiger partial charge in [0.15, 0.2) is 0 Å². The molecule has 0 saturated heterocycles. The van der Waals surface area contributed by atoms with E-state index in [1.54, 1.807) is 22.8 Å². The van der Waals surface area contributed by atoms with E-state index in [0.29, 0.717) is 23.1 Å². The molecule has 27 heavy (non-hydrogen) atoms. The topological polar surface area (TPSA) is 73.2 Å². The third-order valence-electron chi connectivity index (χ3n) is 5.34. The van der Waals surface area contributed by atoms with Crippen LogP contribution in [-0.2, 0) is 13.0 Å². The molecule has 6 nitrogen and oxygen atoms in total. The molecule has 5 rings (SSSR count). The first-order valence-corrected chi connectivity index (χ1v) is 9.27. The average Bonchev–Trinajstić information content (AvgIpc) is 3.17. The fourth-order valence-electron chi connectivity index (χ4n) is 3.96. The van der Waals surface area contributed by atoms with Crippen molar-refractivity contribution in [1.29, 1.82) is 0 Å². The summed E-state index contributed by atoms with van der Waals surface area (Å²) in [7, 11) is 0. The Balaban J connectivity index is 1.47. The van der Waals surface area contributed by atoms with Crippen molar-refractivity contribution in [1.82, 2.24) is 14.9 Å². The molecule has 0 bridgehead atoms. The van der Waals surface area contributed by atoms with Crippen LogP contribution in [0.15, 0.2) is 47.3 Å². The Morgan fingerprint density at radius 1 is 1.22 bits per heavy atom. The number of carbonyl (C=O) groups excluding carboxylic acids is 1. The van der Waals surface area contributed by atoms with Gasteiger partial charge in [0.25, 0.3) is 11.5 Å². The molecule has 3 heterocycles. The second-order valence-electron chi connectivity index (χ2n) is 7.02. The Labute approximate surface area is 155 Å². The minimum atomic E-state index is -0.166. The van der Waals surface area contributed by atoms with Crippen molar-refractivity contribution < 1.29 is 9.53 Å². The molecule has 1 amide bonds. The van der Waals surface area contributed by atoms with E-state index in [2.05, 4.69) is 10.3 Å². The lowest BCUT2D eigenvalue weighted by Gasteiger charge is -2.26. The summed E-state index contributed by atoms with van der Waals surface area (Å²) >= 11 is 0. The Bertz CT molecular complexity index is 1120. The fraction of sp³-hybridized carbons (Fsp3) is 0.286. The monoisotopic (exact) mass is 361 g/mol. The van der Waals surface area contributed by atoms with Crippen LogP contribution in [0.3, 0.4) is 0 Å². The van der Waals surface area contributed by atoms with Gasteiger partial charge in [-0.2, -0.15) is 0 Å². The maximum absolute atomic E-state index is 12.8. The molecule has 0 fully saturated rings. The van der Waals surface area contributed by atoms with Crippen LogP contribution in [-0.4, -0.2) is 22.1 Å². The average molecular weight is 361 g/mol. The molecule has 0 radical (unpaired) electrons. The van der Waals surface area contributed by atoms with Gasteiger partial charge >= 0.3 is 0 Å². The zero-order valence-corrected chi connectivity index (χ0v) is 14.8. The number of para-hydroxylation sites is 1. The second-order valence-corrected chi connectivity index (χ2v) is 7.02. The largest absolute Gasteiger partial charge is 0.493 e. The van der Waals surface area contributed by atoms with Gasteiger partial charge < -0.3 is 10.1 Å². The summed E-state index contributed by atoms with van der Waals surface area (Å²) in [5.74, 6) is 1.46. The van der Waals surface area contributed by atoms with E-state index in [-0.39, 0.29) is 17.5 Å². The highest BCUT2D eigenvalue weighted by atomic mass is 16.5. The van der Waals surface area contributed by atoms with Crippen LogP contribution in [0.1, 0.15) is 40.6 Å². The Morgan fingerprint density at radius 3 is 3.04 bits per heavy atom. The van der Waals surface area contributed by atoms with Gasteiger partial charge in [-0.1, -0.05) is 18.2 Å². The van der Waals surface area contributed by atoms with Gasteiger partial charge in [-0.3, -0.25) is 14.2 Å². The highest BCUT2D eigenvalue weighted by Gasteiger charge is 2.23. The van der Waals surface area contributed by atoms with E-state index in [0.717, 1.165) is 42.9 Å². The maximum atomic E-state index is 12.8. The van der Waals surface area contributed by atoms with Crippen LogP contribution in [0.25, 0.3) is 10.9 Å². The van der Waals surface area contributed by atoms with Gasteiger partial charge in [0.2, 0.25) is 0 Å². The number of rotatable bonds is 2. The molecule has 1 unspecified atom stereocenters. The van der Waals surface area contributed by atoms with E-state index >= 15 is 0 Å². The van der Waals surface area contributed by atoms with Crippen molar-refractivity contribution in [3.05, 3.63) is 69.8 Å². The van der Waals surface area contributed by atoms with Crippen LogP contribution in [0, 0.1) is 0 Å². The van der Waals surface area contributed by atoms with Crippen LogP contribution < -0.4 is 15.6 Å². The number of aryl methyl sites for hydroxylation is 1. The summed E-state index contributed by atoms with van der Waals surface area (Å²) in [5, 5.41) is 3.66. The number of aromatic nitrogens is 2. The van der Waals surface area contributed by atoms with E-state index in [4.69, 9.17) is 4.74 Å². The summed E-state index contributed by atoms with van der Waals surface area (Å²) in [6.45, 7) is 1.30. The number of amides is 1. The molecule has 136 valence electrons. The molecule has 2 aliphatic rings. The third-order valence-corrected chi connectivity index (χ3v) is 5.34. The Morgan fingerprint density at radius 2 is 2.11 bits per heavy atom. The molecule has 3 aromatic rings.